The van der Waals surface area contributed by atoms with E-state index in [0.29, 0.717) is 0 Å². The molecule has 0 spiro atoms. The molecule has 0 saturated carbocycles. The number of aryl methyl sites for hydroxylation is 2. The molecule has 0 bridgehead atoms. The minimum absolute atomic E-state index is 0.744. The fourth-order valence-corrected chi connectivity index (χ4v) is 3.48. The topological polar surface area (TPSA) is 41.9 Å². The summed E-state index contributed by atoms with van der Waals surface area (Å²) >= 11 is 0. The van der Waals surface area contributed by atoms with Crippen LogP contribution in [0.2, 0.25) is 0 Å². The zero-order chi connectivity index (χ0) is 18.8. The third-order valence-corrected chi connectivity index (χ3v) is 5.39. The van der Waals surface area contributed by atoms with Gasteiger partial charge >= 0.3 is 0 Å². The molecule has 0 N–H and O–H groups in total. The second-order valence-corrected chi connectivity index (χ2v) is 7.71. The van der Waals surface area contributed by atoms with E-state index >= 15 is 0 Å². The molecule has 0 amide bonds. The summed E-state index contributed by atoms with van der Waals surface area (Å²) in [7, 11) is 0. The molecule has 0 aliphatic carbocycles. The second-order valence-electron chi connectivity index (χ2n) is 7.71. The Labute approximate surface area is 161 Å². The number of hydrogen-bond donors (Lipinski definition) is 0. The van der Waals surface area contributed by atoms with Crippen molar-refractivity contribution in [1.29, 1.82) is 0 Å². The lowest BCUT2D eigenvalue weighted by molar-refractivity contribution is 0.433. The Morgan fingerprint density at radius 1 is 0.741 bits per heavy atom. The van der Waals surface area contributed by atoms with Gasteiger partial charge in [0.05, 0.1) is 0 Å². The summed E-state index contributed by atoms with van der Waals surface area (Å²) in [6.07, 6.45) is 2.37. The Morgan fingerprint density at radius 2 is 1.26 bits per heavy atom. The van der Waals surface area contributed by atoms with Crippen molar-refractivity contribution >= 4 is 5.95 Å². The molecular weight excluding hydrogens is 332 g/mol. The SMILES string of the molecule is Cc1ccc(-c2nnc(N3CCC(C)CC3)nc2-c2ccc(C)cc2)cc1. The smallest absolute Gasteiger partial charge is 0.245 e. The number of hydrogen-bond acceptors (Lipinski definition) is 4. The van der Waals surface area contributed by atoms with Crippen LogP contribution in [-0.4, -0.2) is 28.3 Å². The Bertz CT molecular complexity index is 908. The highest BCUT2D eigenvalue weighted by Crippen LogP contribution is 2.31. The van der Waals surface area contributed by atoms with Gasteiger partial charge in [-0.1, -0.05) is 66.6 Å². The van der Waals surface area contributed by atoms with E-state index in [1.165, 1.54) is 24.0 Å². The molecular formula is C23H26N4. The van der Waals surface area contributed by atoms with Crippen LogP contribution in [0.15, 0.2) is 48.5 Å². The van der Waals surface area contributed by atoms with E-state index in [1.54, 1.807) is 0 Å². The first-order valence-corrected chi connectivity index (χ1v) is 9.74. The quantitative estimate of drug-likeness (QED) is 0.656. The summed E-state index contributed by atoms with van der Waals surface area (Å²) in [5.74, 6) is 1.52. The zero-order valence-corrected chi connectivity index (χ0v) is 16.3. The first-order chi connectivity index (χ1) is 13.1. The zero-order valence-electron chi connectivity index (χ0n) is 16.3. The van der Waals surface area contributed by atoms with Gasteiger partial charge in [0.1, 0.15) is 11.4 Å². The van der Waals surface area contributed by atoms with Gasteiger partial charge in [0.2, 0.25) is 5.95 Å². The molecule has 138 valence electrons. The van der Waals surface area contributed by atoms with Crippen LogP contribution in [0.5, 0.6) is 0 Å². The third kappa shape index (κ3) is 3.85. The monoisotopic (exact) mass is 358 g/mol. The Hall–Kier alpha value is -2.75. The first-order valence-electron chi connectivity index (χ1n) is 9.74. The molecule has 0 radical (unpaired) electrons. The van der Waals surface area contributed by atoms with Gasteiger partial charge in [-0.25, -0.2) is 4.98 Å². The average molecular weight is 358 g/mol. The van der Waals surface area contributed by atoms with Crippen LogP contribution in [0, 0.1) is 19.8 Å². The van der Waals surface area contributed by atoms with Crippen molar-refractivity contribution in [3.8, 4) is 22.5 Å². The number of rotatable bonds is 3. The van der Waals surface area contributed by atoms with Crippen molar-refractivity contribution in [2.24, 2.45) is 5.92 Å². The normalized spacial score (nSPS) is 15.1. The molecule has 1 aromatic heterocycles. The summed E-state index contributed by atoms with van der Waals surface area (Å²) in [5.41, 5.74) is 6.35. The number of aromatic nitrogens is 3. The summed E-state index contributed by atoms with van der Waals surface area (Å²) in [6.45, 7) is 8.51. The molecule has 27 heavy (non-hydrogen) atoms. The Balaban J connectivity index is 1.78. The second kappa shape index (κ2) is 7.47. The average Bonchev–Trinajstić information content (AvgIpc) is 2.69. The van der Waals surface area contributed by atoms with Crippen LogP contribution in [0.1, 0.15) is 30.9 Å². The van der Waals surface area contributed by atoms with Gasteiger partial charge in [-0.05, 0) is 32.6 Å². The number of benzene rings is 2. The molecule has 4 nitrogen and oxygen atoms in total. The molecule has 0 atom stereocenters. The van der Waals surface area contributed by atoms with E-state index in [0.717, 1.165) is 47.5 Å². The predicted octanol–water partition coefficient (Wildman–Crippen LogP) is 5.06. The van der Waals surface area contributed by atoms with E-state index in [-0.39, 0.29) is 0 Å². The van der Waals surface area contributed by atoms with Crippen molar-refractivity contribution in [1.82, 2.24) is 15.2 Å². The van der Waals surface area contributed by atoms with Crippen LogP contribution in [-0.2, 0) is 0 Å². The van der Waals surface area contributed by atoms with Crippen LogP contribution in [0.4, 0.5) is 5.95 Å². The van der Waals surface area contributed by atoms with E-state index in [2.05, 4.69) is 84.4 Å². The van der Waals surface area contributed by atoms with Gasteiger partial charge in [-0.3, -0.25) is 0 Å². The highest BCUT2D eigenvalue weighted by molar-refractivity contribution is 5.78. The number of anilines is 1. The van der Waals surface area contributed by atoms with E-state index in [9.17, 15) is 0 Å². The predicted molar refractivity (Wildman–Crippen MR) is 111 cm³/mol. The molecule has 1 saturated heterocycles. The van der Waals surface area contributed by atoms with Crippen molar-refractivity contribution < 1.29 is 0 Å². The molecule has 2 heterocycles. The van der Waals surface area contributed by atoms with Crippen molar-refractivity contribution in [2.75, 3.05) is 18.0 Å². The maximum absolute atomic E-state index is 4.97. The fraction of sp³-hybridized carbons (Fsp3) is 0.348. The maximum Gasteiger partial charge on any atom is 0.245 e. The first kappa shape index (κ1) is 17.7. The molecule has 1 aliphatic rings. The minimum atomic E-state index is 0.744. The summed E-state index contributed by atoms with van der Waals surface area (Å²) < 4.78 is 0. The van der Waals surface area contributed by atoms with Crippen LogP contribution in [0.25, 0.3) is 22.5 Å². The Kier molecular flexibility index (Phi) is 4.88. The highest BCUT2D eigenvalue weighted by Gasteiger charge is 2.21. The van der Waals surface area contributed by atoms with Crippen LogP contribution < -0.4 is 4.90 Å². The third-order valence-electron chi connectivity index (χ3n) is 5.39. The largest absolute Gasteiger partial charge is 0.339 e. The molecule has 4 rings (SSSR count). The lowest BCUT2D eigenvalue weighted by atomic mass is 9.99. The molecule has 2 aromatic carbocycles. The lowest BCUT2D eigenvalue weighted by Gasteiger charge is -2.30. The summed E-state index contributed by atoms with van der Waals surface area (Å²) in [4.78, 5) is 7.24. The highest BCUT2D eigenvalue weighted by atomic mass is 15.3. The van der Waals surface area contributed by atoms with Crippen LogP contribution >= 0.6 is 0 Å². The van der Waals surface area contributed by atoms with Crippen molar-refractivity contribution in [2.45, 2.75) is 33.6 Å². The van der Waals surface area contributed by atoms with Gasteiger partial charge < -0.3 is 4.90 Å². The van der Waals surface area contributed by atoms with Gasteiger partial charge in [-0.15, -0.1) is 10.2 Å². The maximum atomic E-state index is 4.97. The molecule has 0 unspecified atom stereocenters. The molecule has 1 aliphatic heterocycles. The van der Waals surface area contributed by atoms with E-state index in [4.69, 9.17) is 4.98 Å². The minimum Gasteiger partial charge on any atom is -0.339 e. The number of nitrogens with zero attached hydrogens (tertiary/aromatic N) is 4. The van der Waals surface area contributed by atoms with Crippen molar-refractivity contribution in [3.63, 3.8) is 0 Å². The van der Waals surface area contributed by atoms with Gasteiger partial charge in [0.25, 0.3) is 0 Å². The lowest BCUT2D eigenvalue weighted by Crippen LogP contribution is -2.34. The van der Waals surface area contributed by atoms with Gasteiger partial charge in [-0.2, -0.15) is 0 Å². The van der Waals surface area contributed by atoms with E-state index < -0.39 is 0 Å². The summed E-state index contributed by atoms with van der Waals surface area (Å²) in [6, 6.07) is 16.9. The van der Waals surface area contributed by atoms with Crippen LogP contribution in [0.3, 0.4) is 0 Å². The Morgan fingerprint density at radius 3 is 1.81 bits per heavy atom. The summed E-state index contributed by atoms with van der Waals surface area (Å²) in [5, 5.41) is 9.11. The van der Waals surface area contributed by atoms with E-state index in [1.807, 2.05) is 0 Å². The number of piperidine rings is 1. The molecule has 3 aromatic rings. The van der Waals surface area contributed by atoms with Crippen molar-refractivity contribution in [3.05, 3.63) is 59.7 Å². The standard InChI is InChI=1S/C23H26N4/c1-16-4-8-19(9-5-16)21-22(20-10-6-17(2)7-11-20)25-26-23(24-21)27-14-12-18(3)13-15-27/h4-11,18H,12-15H2,1-3H3. The molecule has 4 heteroatoms. The molecule has 1 fully saturated rings. The van der Waals surface area contributed by atoms with Gasteiger partial charge in [0, 0.05) is 24.2 Å². The van der Waals surface area contributed by atoms with Gasteiger partial charge in [0.15, 0.2) is 0 Å². The fourth-order valence-electron chi connectivity index (χ4n) is 3.48.